The molecule has 0 amide bonds. The van der Waals surface area contributed by atoms with E-state index in [1.165, 1.54) is 63.8 Å². The molecule has 3 fully saturated rings. The number of hydrogen-bond donors (Lipinski definition) is 0. The molecule has 1 aromatic carbocycles. The minimum absolute atomic E-state index is 0.752. The lowest BCUT2D eigenvalue weighted by molar-refractivity contribution is 0.0322. The van der Waals surface area contributed by atoms with Gasteiger partial charge in [0.2, 0.25) is 0 Å². The van der Waals surface area contributed by atoms with E-state index in [1.807, 2.05) is 0 Å². The van der Waals surface area contributed by atoms with Crippen LogP contribution in [0.25, 0.3) is 0 Å². The van der Waals surface area contributed by atoms with E-state index >= 15 is 0 Å². The van der Waals surface area contributed by atoms with E-state index in [1.54, 1.807) is 0 Å². The van der Waals surface area contributed by atoms with Crippen molar-refractivity contribution in [1.29, 1.82) is 0 Å². The summed E-state index contributed by atoms with van der Waals surface area (Å²) in [4.78, 5) is 7.80. The first-order valence-electron chi connectivity index (χ1n) is 11.3. The average Bonchev–Trinajstić information content (AvgIpc) is 3.17. The van der Waals surface area contributed by atoms with Crippen molar-refractivity contribution in [1.82, 2.24) is 14.7 Å². The normalized spacial score (nSPS) is 23.7. The van der Waals surface area contributed by atoms with Crippen molar-refractivity contribution >= 4 is 0 Å². The molecule has 0 radical (unpaired) electrons. The largest absolute Gasteiger partial charge is 0.492 e. The predicted octanol–water partition coefficient (Wildman–Crippen LogP) is 2.85. The van der Waals surface area contributed by atoms with Crippen molar-refractivity contribution in [3.05, 3.63) is 29.8 Å². The summed E-state index contributed by atoms with van der Waals surface area (Å²) in [5, 5.41) is 0. The third-order valence-electron chi connectivity index (χ3n) is 6.57. The van der Waals surface area contributed by atoms with Crippen molar-refractivity contribution in [2.24, 2.45) is 0 Å². The molecule has 5 heteroatoms. The predicted molar refractivity (Wildman–Crippen MR) is 113 cm³/mol. The molecule has 4 rings (SSSR count). The van der Waals surface area contributed by atoms with Gasteiger partial charge in [0.05, 0.1) is 13.2 Å². The minimum atomic E-state index is 0.752. The summed E-state index contributed by atoms with van der Waals surface area (Å²) in [6.45, 7) is 11.5. The van der Waals surface area contributed by atoms with Crippen LogP contribution in [0.3, 0.4) is 0 Å². The molecule has 5 nitrogen and oxygen atoms in total. The van der Waals surface area contributed by atoms with Crippen LogP contribution in [0, 0.1) is 0 Å². The van der Waals surface area contributed by atoms with Gasteiger partial charge in [-0.3, -0.25) is 14.7 Å². The standard InChI is InChI=1S/C23H37N3O2/c1-2-5-22(4-1)26-11-3-10-25(12-13-26)20-21-6-8-23(9-7-21)28-19-16-24-14-17-27-18-15-24/h6-9,22H,1-5,10-20H2. The second-order valence-electron chi connectivity index (χ2n) is 8.55. The fourth-order valence-corrected chi connectivity index (χ4v) is 4.85. The first-order valence-corrected chi connectivity index (χ1v) is 11.3. The minimum Gasteiger partial charge on any atom is -0.492 e. The van der Waals surface area contributed by atoms with Gasteiger partial charge in [-0.25, -0.2) is 0 Å². The van der Waals surface area contributed by atoms with Crippen LogP contribution in [0.4, 0.5) is 0 Å². The molecule has 1 saturated carbocycles. The van der Waals surface area contributed by atoms with Crippen LogP contribution in [0.1, 0.15) is 37.7 Å². The number of hydrogen-bond acceptors (Lipinski definition) is 5. The second kappa shape index (κ2) is 10.6. The molecule has 2 heterocycles. The molecule has 0 aromatic heterocycles. The number of benzene rings is 1. The van der Waals surface area contributed by atoms with Gasteiger partial charge >= 0.3 is 0 Å². The maximum atomic E-state index is 5.94. The fraction of sp³-hybridized carbons (Fsp3) is 0.739. The van der Waals surface area contributed by atoms with Gasteiger partial charge in [-0.2, -0.15) is 0 Å². The lowest BCUT2D eigenvalue weighted by Crippen LogP contribution is -2.38. The third kappa shape index (κ3) is 5.93. The summed E-state index contributed by atoms with van der Waals surface area (Å²) in [7, 11) is 0. The van der Waals surface area contributed by atoms with Crippen LogP contribution in [0.2, 0.25) is 0 Å². The van der Waals surface area contributed by atoms with Gasteiger partial charge < -0.3 is 9.47 Å². The van der Waals surface area contributed by atoms with Crippen LogP contribution >= 0.6 is 0 Å². The molecule has 28 heavy (non-hydrogen) atoms. The zero-order valence-corrected chi connectivity index (χ0v) is 17.4. The third-order valence-corrected chi connectivity index (χ3v) is 6.57. The quantitative estimate of drug-likeness (QED) is 0.717. The Hall–Kier alpha value is -1.14. The van der Waals surface area contributed by atoms with Crippen LogP contribution in [0.5, 0.6) is 5.75 Å². The van der Waals surface area contributed by atoms with Gasteiger partial charge in [-0.15, -0.1) is 0 Å². The fourth-order valence-electron chi connectivity index (χ4n) is 4.85. The van der Waals surface area contributed by atoms with Crippen LogP contribution < -0.4 is 4.74 Å². The SMILES string of the molecule is c1cc(OCCN2CCOCC2)ccc1CN1CCCN(C2CCCC2)CC1. The highest BCUT2D eigenvalue weighted by Gasteiger charge is 2.24. The van der Waals surface area contributed by atoms with E-state index in [4.69, 9.17) is 9.47 Å². The van der Waals surface area contributed by atoms with E-state index in [9.17, 15) is 0 Å². The second-order valence-corrected chi connectivity index (χ2v) is 8.55. The van der Waals surface area contributed by atoms with Crippen LogP contribution in [0.15, 0.2) is 24.3 Å². The van der Waals surface area contributed by atoms with E-state index in [-0.39, 0.29) is 0 Å². The van der Waals surface area contributed by atoms with E-state index < -0.39 is 0 Å². The highest BCUT2D eigenvalue weighted by atomic mass is 16.5. The van der Waals surface area contributed by atoms with E-state index in [0.29, 0.717) is 0 Å². The Morgan fingerprint density at radius 3 is 2.39 bits per heavy atom. The van der Waals surface area contributed by atoms with Gasteiger partial charge in [-0.05, 0) is 50.0 Å². The van der Waals surface area contributed by atoms with Gasteiger partial charge in [0.1, 0.15) is 12.4 Å². The van der Waals surface area contributed by atoms with Gasteiger partial charge in [0.25, 0.3) is 0 Å². The molecule has 0 N–H and O–H groups in total. The Kier molecular flexibility index (Phi) is 7.61. The highest BCUT2D eigenvalue weighted by Crippen LogP contribution is 2.24. The number of nitrogens with zero attached hydrogens (tertiary/aromatic N) is 3. The first kappa shape index (κ1) is 20.1. The molecule has 0 unspecified atom stereocenters. The molecule has 0 atom stereocenters. The Labute approximate surface area is 170 Å². The van der Waals surface area contributed by atoms with Gasteiger partial charge in [0, 0.05) is 45.3 Å². The molecule has 2 aliphatic heterocycles. The Morgan fingerprint density at radius 2 is 1.61 bits per heavy atom. The van der Waals surface area contributed by atoms with Crippen molar-refractivity contribution in [3.63, 3.8) is 0 Å². The Morgan fingerprint density at radius 1 is 0.821 bits per heavy atom. The van der Waals surface area contributed by atoms with Crippen LogP contribution in [-0.2, 0) is 11.3 Å². The van der Waals surface area contributed by atoms with Crippen molar-refractivity contribution < 1.29 is 9.47 Å². The highest BCUT2D eigenvalue weighted by molar-refractivity contribution is 5.27. The molecular weight excluding hydrogens is 350 g/mol. The molecule has 1 aromatic rings. The van der Waals surface area contributed by atoms with Crippen molar-refractivity contribution in [2.45, 2.75) is 44.7 Å². The molecular formula is C23H37N3O2. The summed E-state index contributed by atoms with van der Waals surface area (Å²) in [6.07, 6.45) is 7.02. The monoisotopic (exact) mass is 387 g/mol. The Bertz CT molecular complexity index is 568. The number of rotatable bonds is 7. The van der Waals surface area contributed by atoms with Gasteiger partial charge in [0.15, 0.2) is 0 Å². The van der Waals surface area contributed by atoms with E-state index in [2.05, 4.69) is 39.0 Å². The van der Waals surface area contributed by atoms with Crippen molar-refractivity contribution in [2.75, 3.05) is 65.6 Å². The van der Waals surface area contributed by atoms with Gasteiger partial charge in [-0.1, -0.05) is 25.0 Å². The molecule has 0 bridgehead atoms. The Balaban J connectivity index is 1.18. The lowest BCUT2D eigenvalue weighted by atomic mass is 10.2. The summed E-state index contributed by atoms with van der Waals surface area (Å²) in [5.74, 6) is 0.986. The number of ether oxygens (including phenoxy) is 2. The first-order chi connectivity index (χ1) is 13.9. The summed E-state index contributed by atoms with van der Waals surface area (Å²) >= 11 is 0. The zero-order valence-electron chi connectivity index (χ0n) is 17.4. The lowest BCUT2D eigenvalue weighted by Gasteiger charge is -2.27. The molecule has 156 valence electrons. The molecule has 3 aliphatic rings. The number of morpholine rings is 1. The van der Waals surface area contributed by atoms with Crippen molar-refractivity contribution in [3.8, 4) is 5.75 Å². The van der Waals surface area contributed by atoms with E-state index in [0.717, 1.165) is 57.8 Å². The summed E-state index contributed by atoms with van der Waals surface area (Å²) in [6, 6.07) is 9.62. The van der Waals surface area contributed by atoms with Crippen LogP contribution in [-0.4, -0.2) is 86.4 Å². The molecule has 1 aliphatic carbocycles. The topological polar surface area (TPSA) is 28.2 Å². The maximum absolute atomic E-state index is 5.94. The maximum Gasteiger partial charge on any atom is 0.119 e. The zero-order chi connectivity index (χ0) is 19.0. The summed E-state index contributed by atoms with van der Waals surface area (Å²) in [5.41, 5.74) is 1.40. The smallest absolute Gasteiger partial charge is 0.119 e. The molecule has 0 spiro atoms. The average molecular weight is 388 g/mol. The molecule has 2 saturated heterocycles. The summed E-state index contributed by atoms with van der Waals surface area (Å²) < 4.78 is 11.3.